The van der Waals surface area contributed by atoms with Crippen molar-refractivity contribution in [3.63, 3.8) is 0 Å². The minimum atomic E-state index is -0.908. The van der Waals surface area contributed by atoms with Gasteiger partial charge in [-0.3, -0.25) is 0 Å². The maximum absolute atomic E-state index is 9.00. The Hall–Kier alpha value is -0.320. The van der Waals surface area contributed by atoms with Crippen LogP contribution in [0.2, 0.25) is 10.0 Å². The molecule has 88 valence electrons. The lowest BCUT2D eigenvalue weighted by molar-refractivity contribution is -0.165. The molecule has 0 saturated carbocycles. The zero-order valence-electron chi connectivity index (χ0n) is 8.74. The highest BCUT2D eigenvalue weighted by Crippen LogP contribution is 2.38. The fourth-order valence-electron chi connectivity index (χ4n) is 1.73. The minimum absolute atomic E-state index is 0.0687. The lowest BCUT2D eigenvalue weighted by Gasteiger charge is -2.24. The highest BCUT2D eigenvalue weighted by atomic mass is 35.5. The van der Waals surface area contributed by atoms with Gasteiger partial charge in [0.05, 0.1) is 18.2 Å². The Kier molecular flexibility index (Phi) is 3.42. The molecule has 1 aromatic carbocycles. The number of benzene rings is 1. The van der Waals surface area contributed by atoms with E-state index >= 15 is 0 Å². The third-order valence-corrected chi connectivity index (χ3v) is 3.11. The van der Waals surface area contributed by atoms with Crippen LogP contribution in [0.25, 0.3) is 0 Å². The van der Waals surface area contributed by atoms with Crippen LogP contribution < -0.4 is 0 Å². The molecular formula is C11H12Cl2O3. The summed E-state index contributed by atoms with van der Waals surface area (Å²) in [5, 5.41) is 10.1. The van der Waals surface area contributed by atoms with Gasteiger partial charge in [0.2, 0.25) is 0 Å². The Labute approximate surface area is 104 Å². The SMILES string of the molecule is C[C@]1(c2ccc(Cl)cc2Cl)OC[C@H](CO)O1. The van der Waals surface area contributed by atoms with E-state index in [0.29, 0.717) is 16.7 Å². The first-order valence-electron chi connectivity index (χ1n) is 4.93. The summed E-state index contributed by atoms with van der Waals surface area (Å²) in [6.07, 6.45) is -0.309. The number of hydrogen-bond acceptors (Lipinski definition) is 3. The lowest BCUT2D eigenvalue weighted by atomic mass is 10.1. The van der Waals surface area contributed by atoms with Gasteiger partial charge in [-0.05, 0) is 19.1 Å². The van der Waals surface area contributed by atoms with Crippen LogP contribution in [0.15, 0.2) is 18.2 Å². The van der Waals surface area contributed by atoms with E-state index in [1.807, 2.05) is 0 Å². The van der Waals surface area contributed by atoms with Gasteiger partial charge < -0.3 is 14.6 Å². The van der Waals surface area contributed by atoms with Gasteiger partial charge >= 0.3 is 0 Å². The number of aliphatic hydroxyl groups excluding tert-OH is 1. The van der Waals surface area contributed by atoms with Crippen LogP contribution in [0.3, 0.4) is 0 Å². The summed E-state index contributed by atoms with van der Waals surface area (Å²) in [7, 11) is 0. The van der Waals surface area contributed by atoms with Crippen LogP contribution >= 0.6 is 23.2 Å². The van der Waals surface area contributed by atoms with Crippen molar-refractivity contribution in [3.05, 3.63) is 33.8 Å². The molecular weight excluding hydrogens is 251 g/mol. The molecule has 3 nitrogen and oxygen atoms in total. The van der Waals surface area contributed by atoms with Gasteiger partial charge in [0.15, 0.2) is 5.79 Å². The Balaban J connectivity index is 2.30. The third kappa shape index (κ3) is 2.19. The first kappa shape index (κ1) is 12.1. The van der Waals surface area contributed by atoms with Crippen molar-refractivity contribution in [1.29, 1.82) is 0 Å². The van der Waals surface area contributed by atoms with E-state index in [1.54, 1.807) is 25.1 Å². The average molecular weight is 263 g/mol. The molecule has 0 amide bonds. The largest absolute Gasteiger partial charge is 0.394 e. The molecule has 1 saturated heterocycles. The van der Waals surface area contributed by atoms with Gasteiger partial charge in [0.25, 0.3) is 0 Å². The summed E-state index contributed by atoms with van der Waals surface area (Å²) in [5.74, 6) is -0.908. The van der Waals surface area contributed by atoms with E-state index in [2.05, 4.69) is 0 Å². The fraction of sp³-hybridized carbons (Fsp3) is 0.455. The van der Waals surface area contributed by atoms with E-state index in [4.69, 9.17) is 37.8 Å². The predicted molar refractivity (Wildman–Crippen MR) is 61.7 cm³/mol. The van der Waals surface area contributed by atoms with Crippen LogP contribution in [0.1, 0.15) is 12.5 Å². The zero-order valence-corrected chi connectivity index (χ0v) is 10.3. The van der Waals surface area contributed by atoms with E-state index < -0.39 is 5.79 Å². The van der Waals surface area contributed by atoms with Gasteiger partial charge in [-0.25, -0.2) is 0 Å². The van der Waals surface area contributed by atoms with E-state index in [9.17, 15) is 0 Å². The van der Waals surface area contributed by atoms with Crippen molar-refractivity contribution in [1.82, 2.24) is 0 Å². The summed E-state index contributed by atoms with van der Waals surface area (Å²) in [6, 6.07) is 5.14. The standard InChI is InChI=1S/C11H12Cl2O3/c1-11(15-6-8(5-14)16-11)9-3-2-7(12)4-10(9)13/h2-4,8,14H,5-6H2,1H3/t8-,11-/m0/s1. The van der Waals surface area contributed by atoms with Gasteiger partial charge in [-0.2, -0.15) is 0 Å². The van der Waals surface area contributed by atoms with Crippen LogP contribution in [0.4, 0.5) is 0 Å². The van der Waals surface area contributed by atoms with Crippen LogP contribution in [-0.4, -0.2) is 24.4 Å². The summed E-state index contributed by atoms with van der Waals surface area (Å²) in [5.41, 5.74) is 0.717. The number of aliphatic hydroxyl groups is 1. The number of rotatable bonds is 2. The summed E-state index contributed by atoms with van der Waals surface area (Å²) >= 11 is 11.9. The second kappa shape index (κ2) is 4.51. The maximum atomic E-state index is 9.00. The second-order valence-electron chi connectivity index (χ2n) is 3.80. The molecule has 0 unspecified atom stereocenters. The van der Waals surface area contributed by atoms with Crippen molar-refractivity contribution >= 4 is 23.2 Å². The predicted octanol–water partition coefficient (Wildman–Crippen LogP) is 2.57. The van der Waals surface area contributed by atoms with Gasteiger partial charge in [-0.1, -0.05) is 29.3 Å². The van der Waals surface area contributed by atoms with E-state index in [-0.39, 0.29) is 12.7 Å². The van der Waals surface area contributed by atoms with Gasteiger partial charge in [0.1, 0.15) is 6.10 Å². The van der Waals surface area contributed by atoms with E-state index in [1.165, 1.54) is 0 Å². The first-order valence-corrected chi connectivity index (χ1v) is 5.69. The fourth-order valence-corrected chi connectivity index (χ4v) is 2.31. The van der Waals surface area contributed by atoms with E-state index in [0.717, 1.165) is 5.56 Å². The topological polar surface area (TPSA) is 38.7 Å². The van der Waals surface area contributed by atoms with Gasteiger partial charge in [0, 0.05) is 10.6 Å². The second-order valence-corrected chi connectivity index (χ2v) is 4.65. The normalized spacial score (nSPS) is 29.6. The van der Waals surface area contributed by atoms with Crippen LogP contribution in [-0.2, 0) is 15.3 Å². The summed E-state index contributed by atoms with van der Waals surface area (Å²) in [6.45, 7) is 2.06. The molecule has 1 aromatic rings. The summed E-state index contributed by atoms with van der Waals surface area (Å²) < 4.78 is 11.1. The molecule has 2 rings (SSSR count). The lowest BCUT2D eigenvalue weighted by Crippen LogP contribution is -2.25. The highest BCUT2D eigenvalue weighted by molar-refractivity contribution is 6.35. The Bertz CT molecular complexity index is 397. The molecule has 0 radical (unpaired) electrons. The van der Waals surface area contributed by atoms with Crippen molar-refractivity contribution in [2.45, 2.75) is 18.8 Å². The minimum Gasteiger partial charge on any atom is -0.394 e. The molecule has 1 fully saturated rings. The Morgan fingerprint density at radius 3 is 2.81 bits per heavy atom. The average Bonchev–Trinajstić information content (AvgIpc) is 2.61. The van der Waals surface area contributed by atoms with Crippen molar-refractivity contribution < 1.29 is 14.6 Å². The molecule has 2 atom stereocenters. The van der Waals surface area contributed by atoms with Crippen LogP contribution in [0, 0.1) is 0 Å². The molecule has 5 heteroatoms. The molecule has 0 spiro atoms. The van der Waals surface area contributed by atoms with Gasteiger partial charge in [-0.15, -0.1) is 0 Å². The molecule has 1 N–H and O–H groups in total. The number of ether oxygens (including phenoxy) is 2. The molecule has 1 heterocycles. The molecule has 16 heavy (non-hydrogen) atoms. The first-order chi connectivity index (χ1) is 7.55. The Morgan fingerprint density at radius 1 is 1.50 bits per heavy atom. The number of hydrogen-bond donors (Lipinski definition) is 1. The van der Waals surface area contributed by atoms with Crippen molar-refractivity contribution in [3.8, 4) is 0 Å². The quantitative estimate of drug-likeness (QED) is 0.891. The monoisotopic (exact) mass is 262 g/mol. The Morgan fingerprint density at radius 2 is 2.25 bits per heavy atom. The van der Waals surface area contributed by atoms with Crippen molar-refractivity contribution in [2.24, 2.45) is 0 Å². The highest BCUT2D eigenvalue weighted by Gasteiger charge is 2.39. The van der Waals surface area contributed by atoms with Crippen molar-refractivity contribution in [2.75, 3.05) is 13.2 Å². The molecule has 1 aliphatic rings. The smallest absolute Gasteiger partial charge is 0.194 e. The third-order valence-electron chi connectivity index (χ3n) is 2.56. The number of halogens is 2. The molecule has 0 aromatic heterocycles. The zero-order chi connectivity index (χ0) is 11.8. The van der Waals surface area contributed by atoms with Crippen LogP contribution in [0.5, 0.6) is 0 Å². The molecule has 0 aliphatic carbocycles. The molecule has 0 bridgehead atoms. The molecule has 1 aliphatic heterocycles. The maximum Gasteiger partial charge on any atom is 0.194 e. The summed E-state index contributed by atoms with van der Waals surface area (Å²) in [4.78, 5) is 0.